The van der Waals surface area contributed by atoms with Gasteiger partial charge in [0.15, 0.2) is 15.5 Å². The lowest BCUT2D eigenvalue weighted by Gasteiger charge is -2.22. The molecular formula is C10H16N4O3S. The van der Waals surface area contributed by atoms with E-state index in [2.05, 4.69) is 10.2 Å². The maximum absolute atomic E-state index is 12.1. The molecule has 18 heavy (non-hydrogen) atoms. The first-order valence-corrected chi connectivity index (χ1v) is 7.42. The van der Waals surface area contributed by atoms with Crippen LogP contribution in [0.5, 0.6) is 0 Å². The number of aromatic nitrogens is 2. The predicted octanol–water partition coefficient (Wildman–Crippen LogP) is -0.441. The summed E-state index contributed by atoms with van der Waals surface area (Å²) in [7, 11) is -1.43. The zero-order chi connectivity index (χ0) is 13.5. The number of hydrogen-bond donors (Lipinski definition) is 2. The Morgan fingerprint density at radius 3 is 2.67 bits per heavy atom. The average Bonchev–Trinajstić information content (AvgIpc) is 2.82. The zero-order valence-corrected chi connectivity index (χ0v) is 11.1. The van der Waals surface area contributed by atoms with Crippen LogP contribution in [0.1, 0.15) is 22.6 Å². The Kier molecular flexibility index (Phi) is 3.05. The summed E-state index contributed by atoms with van der Waals surface area (Å²) < 4.78 is 22.8. The molecule has 0 aromatic carbocycles. The van der Waals surface area contributed by atoms with Crippen LogP contribution in [0.4, 0.5) is 5.69 Å². The van der Waals surface area contributed by atoms with E-state index in [9.17, 15) is 13.2 Å². The number of carbonyl (C=O) groups is 1. The second-order valence-corrected chi connectivity index (χ2v) is 6.81. The summed E-state index contributed by atoms with van der Waals surface area (Å²) in [6.45, 7) is 1.72. The van der Waals surface area contributed by atoms with Crippen molar-refractivity contribution < 1.29 is 13.2 Å². The van der Waals surface area contributed by atoms with Crippen molar-refractivity contribution in [2.75, 3.05) is 24.3 Å². The summed E-state index contributed by atoms with van der Waals surface area (Å²) in [5, 5.41) is 6.49. The number of sulfone groups is 1. The Morgan fingerprint density at radius 2 is 2.22 bits per heavy atom. The number of nitrogen functional groups attached to an aromatic ring is 1. The number of rotatable bonds is 2. The molecule has 1 aliphatic rings. The minimum atomic E-state index is -3.01. The zero-order valence-electron chi connectivity index (χ0n) is 10.3. The van der Waals surface area contributed by atoms with Crippen LogP contribution in [0.3, 0.4) is 0 Å². The van der Waals surface area contributed by atoms with Gasteiger partial charge in [-0.15, -0.1) is 0 Å². The highest BCUT2D eigenvalue weighted by molar-refractivity contribution is 7.91. The molecule has 3 N–H and O–H groups in total. The van der Waals surface area contributed by atoms with E-state index in [0.29, 0.717) is 17.8 Å². The molecule has 7 nitrogen and oxygen atoms in total. The summed E-state index contributed by atoms with van der Waals surface area (Å²) in [6, 6.07) is -0.293. The Balaban J connectivity index is 2.17. The van der Waals surface area contributed by atoms with Gasteiger partial charge in [0.05, 0.1) is 22.9 Å². The third kappa shape index (κ3) is 2.20. The van der Waals surface area contributed by atoms with Crippen LogP contribution in [-0.4, -0.2) is 54.0 Å². The second kappa shape index (κ2) is 4.27. The normalized spacial score (nSPS) is 22.0. The smallest absolute Gasteiger partial charge is 0.276 e. The molecule has 100 valence electrons. The van der Waals surface area contributed by atoms with E-state index in [4.69, 9.17) is 5.73 Å². The van der Waals surface area contributed by atoms with Gasteiger partial charge in [0.1, 0.15) is 0 Å². The molecule has 0 spiro atoms. The lowest BCUT2D eigenvalue weighted by Crippen LogP contribution is -2.38. The van der Waals surface area contributed by atoms with Crippen molar-refractivity contribution in [1.29, 1.82) is 0 Å². The Labute approximate surface area is 105 Å². The van der Waals surface area contributed by atoms with Crippen LogP contribution in [-0.2, 0) is 9.84 Å². The highest BCUT2D eigenvalue weighted by Gasteiger charge is 2.34. The molecule has 1 fully saturated rings. The molecule has 0 bridgehead atoms. The molecule has 1 unspecified atom stereocenters. The molecular weight excluding hydrogens is 256 g/mol. The number of nitrogens with zero attached hydrogens (tertiary/aromatic N) is 2. The number of anilines is 1. The van der Waals surface area contributed by atoms with Gasteiger partial charge < -0.3 is 10.6 Å². The Morgan fingerprint density at radius 1 is 1.56 bits per heavy atom. The van der Waals surface area contributed by atoms with Crippen LogP contribution in [0.25, 0.3) is 0 Å². The van der Waals surface area contributed by atoms with Gasteiger partial charge in [0, 0.05) is 13.1 Å². The van der Waals surface area contributed by atoms with E-state index in [-0.39, 0.29) is 29.1 Å². The number of carbonyl (C=O) groups excluding carboxylic acids is 1. The maximum atomic E-state index is 12.1. The molecule has 1 saturated heterocycles. The van der Waals surface area contributed by atoms with Crippen LogP contribution >= 0.6 is 0 Å². The van der Waals surface area contributed by atoms with Gasteiger partial charge in [-0.05, 0) is 13.3 Å². The van der Waals surface area contributed by atoms with E-state index >= 15 is 0 Å². The number of aromatic amines is 1. The summed E-state index contributed by atoms with van der Waals surface area (Å²) in [4.78, 5) is 13.6. The van der Waals surface area contributed by atoms with Gasteiger partial charge in [-0.2, -0.15) is 5.10 Å². The van der Waals surface area contributed by atoms with Crippen molar-refractivity contribution in [3.05, 3.63) is 11.4 Å². The molecule has 1 amide bonds. The average molecular weight is 272 g/mol. The Hall–Kier alpha value is -1.57. The minimum Gasteiger partial charge on any atom is -0.395 e. The van der Waals surface area contributed by atoms with Gasteiger partial charge >= 0.3 is 0 Å². The fraction of sp³-hybridized carbons (Fsp3) is 0.600. The van der Waals surface area contributed by atoms with Crippen molar-refractivity contribution in [2.24, 2.45) is 0 Å². The first-order valence-electron chi connectivity index (χ1n) is 5.60. The third-order valence-electron chi connectivity index (χ3n) is 3.27. The summed E-state index contributed by atoms with van der Waals surface area (Å²) in [6.07, 6.45) is 0.466. The van der Waals surface area contributed by atoms with Crippen LogP contribution in [0.15, 0.2) is 0 Å². The monoisotopic (exact) mass is 272 g/mol. The van der Waals surface area contributed by atoms with Gasteiger partial charge in [0.25, 0.3) is 5.91 Å². The number of hydrogen-bond acceptors (Lipinski definition) is 5. The Bertz CT molecular complexity index is 578. The van der Waals surface area contributed by atoms with E-state index in [1.165, 1.54) is 4.90 Å². The summed E-state index contributed by atoms with van der Waals surface area (Å²) in [5.74, 6) is -0.206. The molecule has 2 rings (SSSR count). The first kappa shape index (κ1) is 12.9. The lowest BCUT2D eigenvalue weighted by molar-refractivity contribution is 0.0743. The molecule has 2 heterocycles. The fourth-order valence-electron chi connectivity index (χ4n) is 2.01. The third-order valence-corrected chi connectivity index (χ3v) is 5.02. The standard InChI is InChI=1S/C10H16N4O3S/c1-6-8(11)9(13-12-6)10(15)14(2)7-3-4-18(16,17)5-7/h7H,3-5,11H2,1-2H3,(H,12,13). The first-order chi connectivity index (χ1) is 8.32. The predicted molar refractivity (Wildman–Crippen MR) is 66.9 cm³/mol. The van der Waals surface area contributed by atoms with Crippen molar-refractivity contribution in [2.45, 2.75) is 19.4 Å². The van der Waals surface area contributed by atoms with Gasteiger partial charge in [-0.3, -0.25) is 9.89 Å². The van der Waals surface area contributed by atoms with Crippen LogP contribution in [0, 0.1) is 6.92 Å². The second-order valence-electron chi connectivity index (χ2n) is 4.58. The SMILES string of the molecule is Cc1[nH]nc(C(=O)N(C)C2CCS(=O)(=O)C2)c1N. The highest BCUT2D eigenvalue weighted by Crippen LogP contribution is 2.20. The van der Waals surface area contributed by atoms with E-state index in [1.807, 2.05) is 0 Å². The molecule has 0 aliphatic carbocycles. The summed E-state index contributed by atoms with van der Waals surface area (Å²) >= 11 is 0. The van der Waals surface area contributed by atoms with Crippen LogP contribution < -0.4 is 5.73 Å². The number of nitrogens with one attached hydrogen (secondary N) is 1. The molecule has 1 aromatic heterocycles. The molecule has 0 saturated carbocycles. The van der Waals surface area contributed by atoms with E-state index < -0.39 is 9.84 Å². The molecule has 8 heteroatoms. The van der Waals surface area contributed by atoms with Gasteiger partial charge in [0.2, 0.25) is 0 Å². The fourth-order valence-corrected chi connectivity index (χ4v) is 3.79. The largest absolute Gasteiger partial charge is 0.395 e. The number of nitrogens with two attached hydrogens (primary N) is 1. The van der Waals surface area contributed by atoms with Gasteiger partial charge in [-0.1, -0.05) is 0 Å². The summed E-state index contributed by atoms with van der Waals surface area (Å²) in [5.41, 5.74) is 6.83. The molecule has 1 atom stereocenters. The molecule has 1 aromatic rings. The number of H-pyrrole nitrogens is 1. The quantitative estimate of drug-likeness (QED) is 0.758. The van der Waals surface area contributed by atoms with Crippen LogP contribution in [0.2, 0.25) is 0 Å². The minimum absolute atomic E-state index is 0.0125. The van der Waals surface area contributed by atoms with Crippen molar-refractivity contribution in [1.82, 2.24) is 15.1 Å². The number of aryl methyl sites for hydroxylation is 1. The molecule has 1 aliphatic heterocycles. The van der Waals surface area contributed by atoms with Crippen molar-refractivity contribution in [3.63, 3.8) is 0 Å². The van der Waals surface area contributed by atoms with E-state index in [1.54, 1.807) is 14.0 Å². The highest BCUT2D eigenvalue weighted by atomic mass is 32.2. The topological polar surface area (TPSA) is 109 Å². The van der Waals surface area contributed by atoms with Crippen molar-refractivity contribution >= 4 is 21.4 Å². The van der Waals surface area contributed by atoms with E-state index in [0.717, 1.165) is 0 Å². The lowest BCUT2D eigenvalue weighted by atomic mass is 10.2. The van der Waals surface area contributed by atoms with Crippen molar-refractivity contribution in [3.8, 4) is 0 Å². The maximum Gasteiger partial charge on any atom is 0.276 e. The number of amides is 1. The molecule has 0 radical (unpaired) electrons. The van der Waals surface area contributed by atoms with Gasteiger partial charge in [-0.25, -0.2) is 8.42 Å².